The fourth-order valence-electron chi connectivity index (χ4n) is 3.28. The lowest BCUT2D eigenvalue weighted by molar-refractivity contribution is 0.0961. The molecule has 0 amide bonds. The highest BCUT2D eigenvalue weighted by Crippen LogP contribution is 2.31. The number of nitrogens with one attached hydrogen (secondary N) is 1. The van der Waals surface area contributed by atoms with Gasteiger partial charge in [-0.1, -0.05) is 19.3 Å². The molecule has 0 bridgehead atoms. The van der Waals surface area contributed by atoms with Crippen LogP contribution < -0.4 is 5.32 Å². The third-order valence-electron chi connectivity index (χ3n) is 4.69. The van der Waals surface area contributed by atoms with Gasteiger partial charge in [0.25, 0.3) is 0 Å². The van der Waals surface area contributed by atoms with Crippen LogP contribution in [0.2, 0.25) is 0 Å². The van der Waals surface area contributed by atoms with Gasteiger partial charge in [-0.15, -0.1) is 0 Å². The second kappa shape index (κ2) is 5.47. The molecule has 1 unspecified atom stereocenters. The first-order valence-corrected chi connectivity index (χ1v) is 8.87. The van der Waals surface area contributed by atoms with Gasteiger partial charge in [-0.25, -0.2) is 8.42 Å². The second-order valence-corrected chi connectivity index (χ2v) is 8.39. The van der Waals surface area contributed by atoms with Crippen LogP contribution in [0.25, 0.3) is 0 Å². The van der Waals surface area contributed by atoms with E-state index in [1.165, 1.54) is 32.1 Å². The Kier molecular flexibility index (Phi) is 4.34. The summed E-state index contributed by atoms with van der Waals surface area (Å²) in [5, 5.41) is 3.51. The minimum atomic E-state index is -2.76. The predicted molar refractivity (Wildman–Crippen MR) is 74.6 cm³/mol. The summed E-state index contributed by atoms with van der Waals surface area (Å²) in [5.41, 5.74) is 0.241. The second-order valence-electron chi connectivity index (χ2n) is 6.16. The number of rotatable bonds is 4. The predicted octanol–water partition coefficient (Wildman–Crippen LogP) is 1.03. The first kappa shape index (κ1) is 14.3. The van der Waals surface area contributed by atoms with Gasteiger partial charge in [0.1, 0.15) is 0 Å². The molecule has 18 heavy (non-hydrogen) atoms. The number of sulfone groups is 1. The Morgan fingerprint density at radius 2 is 1.89 bits per heavy atom. The molecule has 0 aromatic heterocycles. The summed E-state index contributed by atoms with van der Waals surface area (Å²) in [6.07, 6.45) is 7.17. The number of hydrogen-bond donors (Lipinski definition) is 1. The van der Waals surface area contributed by atoms with Crippen molar-refractivity contribution in [2.75, 3.05) is 32.1 Å². The molecule has 1 aliphatic carbocycles. The highest BCUT2D eigenvalue weighted by atomic mass is 32.2. The average Bonchev–Trinajstić information content (AvgIpc) is 2.67. The van der Waals surface area contributed by atoms with E-state index in [-0.39, 0.29) is 11.6 Å². The molecule has 1 atom stereocenters. The minimum absolute atomic E-state index is 0.175. The fraction of sp³-hybridized carbons (Fsp3) is 1.00. The molecule has 1 N–H and O–H groups in total. The summed E-state index contributed by atoms with van der Waals surface area (Å²) in [7, 11) is 1.54. The number of nitrogens with zero attached hydrogens (tertiary/aromatic N) is 1. The summed E-state index contributed by atoms with van der Waals surface area (Å²) in [4.78, 5) is 2.34. The Morgan fingerprint density at radius 1 is 1.22 bits per heavy atom. The zero-order valence-electron chi connectivity index (χ0n) is 11.6. The molecule has 1 aliphatic heterocycles. The molecule has 1 saturated carbocycles. The number of hydrogen-bond acceptors (Lipinski definition) is 4. The van der Waals surface area contributed by atoms with Crippen LogP contribution in [0.1, 0.15) is 38.5 Å². The van der Waals surface area contributed by atoms with Crippen LogP contribution in [0.15, 0.2) is 0 Å². The number of likely N-dealkylation sites (N-methyl/N-ethyl adjacent to an activating group) is 1. The van der Waals surface area contributed by atoms with Crippen LogP contribution in [0.4, 0.5) is 0 Å². The zero-order valence-corrected chi connectivity index (χ0v) is 12.4. The normalized spacial score (nSPS) is 30.7. The van der Waals surface area contributed by atoms with E-state index >= 15 is 0 Å². The smallest absolute Gasteiger partial charge is 0.151 e. The van der Waals surface area contributed by atoms with E-state index in [2.05, 4.69) is 24.3 Å². The Labute approximate surface area is 111 Å². The average molecular weight is 274 g/mol. The van der Waals surface area contributed by atoms with E-state index in [0.717, 1.165) is 13.0 Å². The Hall–Kier alpha value is -0.130. The fourth-order valence-corrected chi connectivity index (χ4v) is 4.99. The van der Waals surface area contributed by atoms with Gasteiger partial charge in [-0.3, -0.25) is 0 Å². The van der Waals surface area contributed by atoms with Crippen LogP contribution in [0.3, 0.4) is 0 Å². The molecule has 2 rings (SSSR count). The van der Waals surface area contributed by atoms with Gasteiger partial charge in [-0.05, 0) is 33.4 Å². The maximum Gasteiger partial charge on any atom is 0.151 e. The van der Waals surface area contributed by atoms with Crippen LogP contribution in [-0.4, -0.2) is 57.0 Å². The van der Waals surface area contributed by atoms with Gasteiger partial charge >= 0.3 is 0 Å². The van der Waals surface area contributed by atoms with E-state index in [0.29, 0.717) is 11.5 Å². The molecule has 1 saturated heterocycles. The summed E-state index contributed by atoms with van der Waals surface area (Å²) in [6.45, 7) is 0.931. The van der Waals surface area contributed by atoms with Crippen LogP contribution in [0, 0.1) is 0 Å². The Morgan fingerprint density at radius 3 is 2.39 bits per heavy atom. The SMILES string of the molecule is CN(C)C1(CNC2CCS(=O)(=O)C2)CCCCC1. The van der Waals surface area contributed by atoms with Crippen molar-refractivity contribution in [3.8, 4) is 0 Å². The molecular weight excluding hydrogens is 248 g/mol. The van der Waals surface area contributed by atoms with E-state index in [1.807, 2.05) is 0 Å². The monoisotopic (exact) mass is 274 g/mol. The summed E-state index contributed by atoms with van der Waals surface area (Å²) < 4.78 is 22.9. The molecule has 5 heteroatoms. The Bertz CT molecular complexity index is 372. The standard InChI is InChI=1S/C13H26N2O2S/c1-15(2)13(7-4-3-5-8-13)11-14-12-6-9-18(16,17)10-12/h12,14H,3-11H2,1-2H3. The molecule has 0 aromatic carbocycles. The maximum atomic E-state index is 11.5. The molecule has 106 valence electrons. The third kappa shape index (κ3) is 3.25. The third-order valence-corrected chi connectivity index (χ3v) is 6.45. The lowest BCUT2D eigenvalue weighted by atomic mass is 9.80. The lowest BCUT2D eigenvalue weighted by Crippen LogP contribution is -2.54. The maximum absolute atomic E-state index is 11.5. The molecule has 0 aromatic rings. The minimum Gasteiger partial charge on any atom is -0.311 e. The zero-order chi connectivity index (χ0) is 13.2. The Balaban J connectivity index is 1.90. The van der Waals surface area contributed by atoms with Gasteiger partial charge < -0.3 is 10.2 Å². The van der Waals surface area contributed by atoms with Crippen LogP contribution >= 0.6 is 0 Å². The van der Waals surface area contributed by atoms with Gasteiger partial charge in [0.05, 0.1) is 11.5 Å². The highest BCUT2D eigenvalue weighted by Gasteiger charge is 2.36. The molecule has 2 fully saturated rings. The van der Waals surface area contributed by atoms with Crippen molar-refractivity contribution in [2.45, 2.75) is 50.1 Å². The lowest BCUT2D eigenvalue weighted by Gasteiger charge is -2.43. The molecule has 1 heterocycles. The molecular formula is C13H26N2O2S. The van der Waals surface area contributed by atoms with Crippen molar-refractivity contribution in [2.24, 2.45) is 0 Å². The summed E-state index contributed by atoms with van der Waals surface area (Å²) >= 11 is 0. The molecule has 0 spiro atoms. The largest absolute Gasteiger partial charge is 0.311 e. The van der Waals surface area contributed by atoms with E-state index in [9.17, 15) is 8.42 Å². The van der Waals surface area contributed by atoms with Gasteiger partial charge in [0.15, 0.2) is 9.84 Å². The van der Waals surface area contributed by atoms with E-state index < -0.39 is 9.84 Å². The molecule has 0 radical (unpaired) electrons. The van der Waals surface area contributed by atoms with Crippen molar-refractivity contribution in [1.82, 2.24) is 10.2 Å². The van der Waals surface area contributed by atoms with Gasteiger partial charge in [0.2, 0.25) is 0 Å². The first-order valence-electron chi connectivity index (χ1n) is 7.05. The molecule has 4 nitrogen and oxygen atoms in total. The van der Waals surface area contributed by atoms with Gasteiger partial charge in [0, 0.05) is 18.1 Å². The van der Waals surface area contributed by atoms with E-state index in [1.54, 1.807) is 0 Å². The topological polar surface area (TPSA) is 49.4 Å². The quantitative estimate of drug-likeness (QED) is 0.832. The van der Waals surface area contributed by atoms with Crippen LogP contribution in [0.5, 0.6) is 0 Å². The van der Waals surface area contributed by atoms with Crippen molar-refractivity contribution in [3.63, 3.8) is 0 Å². The van der Waals surface area contributed by atoms with Crippen molar-refractivity contribution >= 4 is 9.84 Å². The van der Waals surface area contributed by atoms with Crippen molar-refractivity contribution < 1.29 is 8.42 Å². The van der Waals surface area contributed by atoms with E-state index in [4.69, 9.17) is 0 Å². The summed E-state index contributed by atoms with van der Waals surface area (Å²) in [6, 6.07) is 0.175. The first-order chi connectivity index (χ1) is 8.44. The summed E-state index contributed by atoms with van der Waals surface area (Å²) in [5.74, 6) is 0.691. The van der Waals surface area contributed by atoms with Gasteiger partial charge in [-0.2, -0.15) is 0 Å². The van der Waals surface area contributed by atoms with Crippen molar-refractivity contribution in [1.29, 1.82) is 0 Å². The van der Waals surface area contributed by atoms with Crippen molar-refractivity contribution in [3.05, 3.63) is 0 Å². The van der Waals surface area contributed by atoms with Crippen LogP contribution in [-0.2, 0) is 9.84 Å². The highest BCUT2D eigenvalue weighted by molar-refractivity contribution is 7.91. The molecule has 2 aliphatic rings.